The van der Waals surface area contributed by atoms with Gasteiger partial charge in [-0.1, -0.05) is 80.6 Å². The predicted molar refractivity (Wildman–Crippen MR) is 152 cm³/mol. The summed E-state index contributed by atoms with van der Waals surface area (Å²) in [7, 11) is 0. The van der Waals surface area contributed by atoms with Crippen molar-refractivity contribution in [2.24, 2.45) is 0 Å². The molecular formula is C33H27N3. The van der Waals surface area contributed by atoms with Crippen LogP contribution in [0, 0.1) is 0 Å². The summed E-state index contributed by atoms with van der Waals surface area (Å²) in [6, 6.07) is 38.7. The molecule has 6 aromatic rings. The predicted octanol–water partition coefficient (Wildman–Crippen LogP) is 8.42. The fourth-order valence-corrected chi connectivity index (χ4v) is 6.02. The van der Waals surface area contributed by atoms with Crippen LogP contribution in [0.25, 0.3) is 38.6 Å². The van der Waals surface area contributed by atoms with Crippen LogP contribution in [0.5, 0.6) is 0 Å². The highest BCUT2D eigenvalue weighted by Crippen LogP contribution is 2.53. The van der Waals surface area contributed by atoms with E-state index >= 15 is 0 Å². The van der Waals surface area contributed by atoms with E-state index in [0.29, 0.717) is 0 Å². The summed E-state index contributed by atoms with van der Waals surface area (Å²) >= 11 is 0. The first-order valence-corrected chi connectivity index (χ1v) is 12.4. The van der Waals surface area contributed by atoms with Crippen molar-refractivity contribution in [3.8, 4) is 16.8 Å². The van der Waals surface area contributed by atoms with Gasteiger partial charge in [0.25, 0.3) is 0 Å². The number of benzene rings is 5. The van der Waals surface area contributed by atoms with Gasteiger partial charge >= 0.3 is 0 Å². The molecule has 3 nitrogen and oxygen atoms in total. The standard InChI is InChI=1S/C33H27N3/c1-33(2)25-14-5-3-12-23(25)31-26(33)18-19-30-32(31)24-13-4-8-17-29(24)36(30)22-11-9-10-21(20-22)35-28-16-7-6-15-27(28)34/h3-20,35H,34H2,1-2H3. The quantitative estimate of drug-likeness (QED) is 0.258. The van der Waals surface area contributed by atoms with Gasteiger partial charge in [-0.2, -0.15) is 0 Å². The summed E-state index contributed by atoms with van der Waals surface area (Å²) in [5.74, 6) is 0. The lowest BCUT2D eigenvalue weighted by molar-refractivity contribution is 0.661. The molecule has 1 heterocycles. The maximum absolute atomic E-state index is 6.20. The monoisotopic (exact) mass is 465 g/mol. The van der Waals surface area contributed by atoms with Crippen molar-refractivity contribution in [1.82, 2.24) is 4.57 Å². The van der Waals surface area contributed by atoms with Crippen LogP contribution in [-0.2, 0) is 5.41 Å². The lowest BCUT2D eigenvalue weighted by Crippen LogP contribution is -2.14. The maximum Gasteiger partial charge on any atom is 0.0617 e. The number of aromatic nitrogens is 1. The largest absolute Gasteiger partial charge is 0.397 e. The SMILES string of the molecule is CC1(C)c2ccccc2-c2c1ccc1c2c2ccccc2n1-c1cccc(Nc2ccccc2N)c1. The molecule has 0 aliphatic heterocycles. The Labute approximate surface area is 210 Å². The van der Waals surface area contributed by atoms with Gasteiger partial charge in [-0.15, -0.1) is 0 Å². The van der Waals surface area contributed by atoms with Crippen LogP contribution in [0.2, 0.25) is 0 Å². The topological polar surface area (TPSA) is 43.0 Å². The molecule has 0 fully saturated rings. The molecule has 7 rings (SSSR count). The van der Waals surface area contributed by atoms with Crippen molar-refractivity contribution in [2.45, 2.75) is 19.3 Å². The van der Waals surface area contributed by atoms with E-state index in [1.165, 1.54) is 44.1 Å². The van der Waals surface area contributed by atoms with Gasteiger partial charge in [0.05, 0.1) is 22.4 Å². The highest BCUT2D eigenvalue weighted by atomic mass is 15.0. The molecular weight excluding hydrogens is 438 g/mol. The number of nitrogens with zero attached hydrogens (tertiary/aromatic N) is 1. The molecule has 1 aromatic heterocycles. The van der Waals surface area contributed by atoms with Crippen molar-refractivity contribution >= 4 is 38.9 Å². The Morgan fingerprint density at radius 1 is 0.694 bits per heavy atom. The zero-order chi connectivity index (χ0) is 24.4. The van der Waals surface area contributed by atoms with Crippen LogP contribution in [0.3, 0.4) is 0 Å². The van der Waals surface area contributed by atoms with E-state index in [9.17, 15) is 0 Å². The number of hydrogen-bond acceptors (Lipinski definition) is 2. The molecule has 5 aromatic carbocycles. The summed E-state index contributed by atoms with van der Waals surface area (Å²) in [4.78, 5) is 0. The third kappa shape index (κ3) is 2.86. The van der Waals surface area contributed by atoms with E-state index in [4.69, 9.17) is 5.73 Å². The summed E-state index contributed by atoms with van der Waals surface area (Å²) in [5.41, 5.74) is 17.9. The number of fused-ring (bicyclic) bond motifs is 7. The minimum atomic E-state index is -0.0250. The minimum Gasteiger partial charge on any atom is -0.397 e. The van der Waals surface area contributed by atoms with Gasteiger partial charge in [0, 0.05) is 27.6 Å². The average molecular weight is 466 g/mol. The summed E-state index contributed by atoms with van der Waals surface area (Å²) in [6.07, 6.45) is 0. The minimum absolute atomic E-state index is 0.0250. The van der Waals surface area contributed by atoms with E-state index in [1.807, 2.05) is 24.3 Å². The molecule has 0 atom stereocenters. The first-order valence-electron chi connectivity index (χ1n) is 12.4. The molecule has 1 aliphatic rings. The smallest absolute Gasteiger partial charge is 0.0617 e. The van der Waals surface area contributed by atoms with Crippen LogP contribution in [0.15, 0.2) is 109 Å². The Morgan fingerprint density at radius 3 is 2.36 bits per heavy atom. The molecule has 174 valence electrons. The van der Waals surface area contributed by atoms with Crippen LogP contribution in [0.4, 0.5) is 17.1 Å². The van der Waals surface area contributed by atoms with E-state index in [0.717, 1.165) is 22.7 Å². The second kappa shape index (κ2) is 7.50. The van der Waals surface area contributed by atoms with Crippen molar-refractivity contribution in [2.75, 3.05) is 11.1 Å². The molecule has 0 saturated carbocycles. The van der Waals surface area contributed by atoms with Gasteiger partial charge in [-0.25, -0.2) is 0 Å². The number of anilines is 3. The Balaban J connectivity index is 1.50. The number of hydrogen-bond donors (Lipinski definition) is 2. The Bertz CT molecular complexity index is 1810. The second-order valence-electron chi connectivity index (χ2n) is 10.2. The number of nitrogens with one attached hydrogen (secondary N) is 1. The highest BCUT2D eigenvalue weighted by molar-refractivity contribution is 6.17. The van der Waals surface area contributed by atoms with Crippen LogP contribution >= 0.6 is 0 Å². The van der Waals surface area contributed by atoms with E-state index in [-0.39, 0.29) is 5.41 Å². The van der Waals surface area contributed by atoms with Gasteiger partial charge in [0.1, 0.15) is 0 Å². The van der Waals surface area contributed by atoms with E-state index in [1.54, 1.807) is 0 Å². The molecule has 1 aliphatic carbocycles. The lowest BCUT2D eigenvalue weighted by Gasteiger charge is -2.21. The highest BCUT2D eigenvalue weighted by Gasteiger charge is 2.37. The van der Waals surface area contributed by atoms with E-state index < -0.39 is 0 Å². The summed E-state index contributed by atoms with van der Waals surface area (Å²) in [5, 5.41) is 6.10. The molecule has 3 heteroatoms. The summed E-state index contributed by atoms with van der Waals surface area (Å²) < 4.78 is 2.39. The fourth-order valence-electron chi connectivity index (χ4n) is 6.02. The maximum atomic E-state index is 6.20. The molecule has 0 bridgehead atoms. The van der Waals surface area contributed by atoms with Crippen LogP contribution < -0.4 is 11.1 Å². The first-order chi connectivity index (χ1) is 17.5. The summed E-state index contributed by atoms with van der Waals surface area (Å²) in [6.45, 7) is 4.68. The second-order valence-corrected chi connectivity index (χ2v) is 10.2. The average Bonchev–Trinajstić information content (AvgIpc) is 3.35. The molecule has 0 saturated heterocycles. The van der Waals surface area contributed by atoms with E-state index in [2.05, 4.69) is 109 Å². The Kier molecular flexibility index (Phi) is 4.34. The van der Waals surface area contributed by atoms with Gasteiger partial charge in [-0.3, -0.25) is 0 Å². The molecule has 0 radical (unpaired) electrons. The number of para-hydroxylation sites is 3. The molecule has 36 heavy (non-hydrogen) atoms. The van der Waals surface area contributed by atoms with Crippen molar-refractivity contribution in [1.29, 1.82) is 0 Å². The zero-order valence-corrected chi connectivity index (χ0v) is 20.4. The molecule has 0 spiro atoms. The number of nitrogen functional groups attached to an aromatic ring is 1. The van der Waals surface area contributed by atoms with Gasteiger partial charge < -0.3 is 15.6 Å². The van der Waals surface area contributed by atoms with Gasteiger partial charge in [0.15, 0.2) is 0 Å². The third-order valence-electron chi connectivity index (χ3n) is 7.73. The third-order valence-corrected chi connectivity index (χ3v) is 7.73. The van der Waals surface area contributed by atoms with Crippen LogP contribution in [-0.4, -0.2) is 4.57 Å². The first kappa shape index (κ1) is 20.8. The normalized spacial score (nSPS) is 13.6. The van der Waals surface area contributed by atoms with Crippen molar-refractivity contribution in [3.05, 3.63) is 120 Å². The number of rotatable bonds is 3. The Hall–Kier alpha value is -4.50. The fraction of sp³-hybridized carbons (Fsp3) is 0.0909. The zero-order valence-electron chi connectivity index (χ0n) is 20.4. The van der Waals surface area contributed by atoms with Crippen LogP contribution in [0.1, 0.15) is 25.0 Å². The molecule has 3 N–H and O–H groups in total. The molecule has 0 unspecified atom stereocenters. The van der Waals surface area contributed by atoms with Crippen molar-refractivity contribution in [3.63, 3.8) is 0 Å². The molecule has 0 amide bonds. The Morgan fingerprint density at radius 2 is 1.47 bits per heavy atom. The van der Waals surface area contributed by atoms with Crippen molar-refractivity contribution < 1.29 is 0 Å². The lowest BCUT2D eigenvalue weighted by atomic mass is 9.82. The van der Waals surface area contributed by atoms with Gasteiger partial charge in [0.2, 0.25) is 0 Å². The number of nitrogens with two attached hydrogens (primary N) is 1. The van der Waals surface area contributed by atoms with Gasteiger partial charge in [-0.05, 0) is 64.7 Å².